The van der Waals surface area contributed by atoms with Crippen molar-refractivity contribution < 1.29 is 0 Å². The maximum atomic E-state index is 5.41. The van der Waals surface area contributed by atoms with Crippen LogP contribution in [-0.4, -0.2) is 9.55 Å². The van der Waals surface area contributed by atoms with Gasteiger partial charge in [0.2, 0.25) is 0 Å². The van der Waals surface area contributed by atoms with Crippen molar-refractivity contribution in [1.29, 1.82) is 0 Å². The quantitative estimate of drug-likeness (QED) is 0.697. The Kier molecular flexibility index (Phi) is 2.00. The summed E-state index contributed by atoms with van der Waals surface area (Å²) in [5.74, 6) is 4.59. The van der Waals surface area contributed by atoms with E-state index in [2.05, 4.69) is 23.5 Å². The van der Waals surface area contributed by atoms with Crippen LogP contribution < -0.4 is 0 Å². The predicted octanol–water partition coefficient (Wildman–Crippen LogP) is 2.91. The van der Waals surface area contributed by atoms with Crippen LogP contribution in [0.15, 0.2) is 18.2 Å². The standard InChI is InChI=1S/C14H14N2/c1-3-10-5-8-13-12(9-10)15-14(11-6-7-11)16(13)4-2/h1,5,8-9,11H,4,6-7H2,2H3. The van der Waals surface area contributed by atoms with Crippen molar-refractivity contribution in [3.63, 3.8) is 0 Å². The molecular formula is C14H14N2. The third-order valence-electron chi connectivity index (χ3n) is 3.20. The maximum Gasteiger partial charge on any atom is 0.112 e. The Morgan fingerprint density at radius 3 is 2.94 bits per heavy atom. The third-order valence-corrected chi connectivity index (χ3v) is 3.20. The van der Waals surface area contributed by atoms with E-state index in [4.69, 9.17) is 11.4 Å². The van der Waals surface area contributed by atoms with Crippen molar-refractivity contribution in [2.45, 2.75) is 32.2 Å². The van der Waals surface area contributed by atoms with Crippen molar-refractivity contribution in [2.75, 3.05) is 0 Å². The fourth-order valence-corrected chi connectivity index (χ4v) is 2.22. The molecule has 80 valence electrons. The second-order valence-corrected chi connectivity index (χ2v) is 4.34. The number of hydrogen-bond acceptors (Lipinski definition) is 1. The van der Waals surface area contributed by atoms with Crippen molar-refractivity contribution >= 4 is 11.0 Å². The molecule has 3 rings (SSSR count). The summed E-state index contributed by atoms with van der Waals surface area (Å²) in [6, 6.07) is 6.09. The first-order valence-electron chi connectivity index (χ1n) is 5.80. The normalized spacial score (nSPS) is 15.2. The summed E-state index contributed by atoms with van der Waals surface area (Å²) in [6.45, 7) is 3.15. The lowest BCUT2D eigenvalue weighted by atomic mass is 10.2. The van der Waals surface area contributed by atoms with Crippen LogP contribution in [0.2, 0.25) is 0 Å². The van der Waals surface area contributed by atoms with Gasteiger partial charge in [-0.15, -0.1) is 6.42 Å². The van der Waals surface area contributed by atoms with E-state index in [1.54, 1.807) is 0 Å². The molecule has 1 aliphatic rings. The average molecular weight is 210 g/mol. The SMILES string of the molecule is C#Cc1ccc2c(c1)nc(C1CC1)n2CC. The molecule has 1 heterocycles. The Labute approximate surface area is 95.3 Å². The van der Waals surface area contributed by atoms with Gasteiger partial charge in [-0.1, -0.05) is 5.92 Å². The summed E-state index contributed by atoms with van der Waals surface area (Å²) >= 11 is 0. The summed E-state index contributed by atoms with van der Waals surface area (Å²) in [4.78, 5) is 4.72. The Morgan fingerprint density at radius 2 is 2.31 bits per heavy atom. The molecule has 0 N–H and O–H groups in total. The van der Waals surface area contributed by atoms with Gasteiger partial charge in [-0.25, -0.2) is 4.98 Å². The first-order valence-corrected chi connectivity index (χ1v) is 5.80. The molecule has 1 aromatic carbocycles. The zero-order chi connectivity index (χ0) is 11.1. The lowest BCUT2D eigenvalue weighted by Gasteiger charge is -2.03. The van der Waals surface area contributed by atoms with Crippen molar-refractivity contribution in [1.82, 2.24) is 9.55 Å². The highest BCUT2D eigenvalue weighted by Crippen LogP contribution is 2.40. The fraction of sp³-hybridized carbons (Fsp3) is 0.357. The van der Waals surface area contributed by atoms with E-state index in [1.807, 2.05) is 12.1 Å². The maximum absolute atomic E-state index is 5.41. The molecule has 2 heteroatoms. The molecule has 1 saturated carbocycles. The first kappa shape index (κ1) is 9.47. The Bertz CT molecular complexity index is 583. The summed E-state index contributed by atoms with van der Waals surface area (Å²) in [5, 5.41) is 0. The Balaban J connectivity index is 2.25. The molecule has 0 spiro atoms. The first-order chi connectivity index (χ1) is 7.83. The molecule has 1 aromatic heterocycles. The van der Waals surface area contributed by atoms with Crippen LogP contribution in [0.1, 0.15) is 37.1 Å². The minimum absolute atomic E-state index is 0.682. The molecule has 0 aliphatic heterocycles. The predicted molar refractivity (Wildman–Crippen MR) is 65.3 cm³/mol. The number of rotatable bonds is 2. The molecular weight excluding hydrogens is 196 g/mol. The van der Waals surface area contributed by atoms with Gasteiger partial charge in [0.1, 0.15) is 5.82 Å². The number of nitrogens with zero attached hydrogens (tertiary/aromatic N) is 2. The van der Waals surface area contributed by atoms with Gasteiger partial charge in [0.25, 0.3) is 0 Å². The van der Waals surface area contributed by atoms with Gasteiger partial charge in [0, 0.05) is 18.0 Å². The van der Waals surface area contributed by atoms with Crippen LogP contribution in [0.3, 0.4) is 0 Å². The number of aryl methyl sites for hydroxylation is 1. The Hall–Kier alpha value is -1.75. The molecule has 2 aromatic rings. The molecule has 0 bridgehead atoms. The van der Waals surface area contributed by atoms with Gasteiger partial charge in [-0.05, 0) is 38.0 Å². The second kappa shape index (κ2) is 3.38. The minimum atomic E-state index is 0.682. The summed E-state index contributed by atoms with van der Waals surface area (Å²) < 4.78 is 2.31. The third kappa shape index (κ3) is 1.32. The molecule has 0 radical (unpaired) electrons. The number of benzene rings is 1. The Morgan fingerprint density at radius 1 is 1.50 bits per heavy atom. The zero-order valence-electron chi connectivity index (χ0n) is 9.40. The van der Waals surface area contributed by atoms with Gasteiger partial charge in [0.05, 0.1) is 11.0 Å². The molecule has 0 unspecified atom stereocenters. The van der Waals surface area contributed by atoms with E-state index in [9.17, 15) is 0 Å². The summed E-state index contributed by atoms with van der Waals surface area (Å²) in [6.07, 6.45) is 7.97. The van der Waals surface area contributed by atoms with E-state index in [-0.39, 0.29) is 0 Å². The topological polar surface area (TPSA) is 17.8 Å². The summed E-state index contributed by atoms with van der Waals surface area (Å²) in [7, 11) is 0. The number of fused-ring (bicyclic) bond motifs is 1. The molecule has 16 heavy (non-hydrogen) atoms. The number of terminal acetylenes is 1. The van der Waals surface area contributed by atoms with Gasteiger partial charge in [0.15, 0.2) is 0 Å². The molecule has 0 atom stereocenters. The van der Waals surface area contributed by atoms with Crippen LogP contribution in [0.4, 0.5) is 0 Å². The van der Waals surface area contributed by atoms with Gasteiger partial charge in [-0.3, -0.25) is 0 Å². The van der Waals surface area contributed by atoms with Crippen LogP contribution in [-0.2, 0) is 6.54 Å². The van der Waals surface area contributed by atoms with E-state index >= 15 is 0 Å². The highest BCUT2D eigenvalue weighted by atomic mass is 15.1. The van der Waals surface area contributed by atoms with Crippen LogP contribution in [0.5, 0.6) is 0 Å². The number of imidazole rings is 1. The minimum Gasteiger partial charge on any atom is -0.328 e. The van der Waals surface area contributed by atoms with Gasteiger partial charge >= 0.3 is 0 Å². The number of hydrogen-bond donors (Lipinski definition) is 0. The largest absolute Gasteiger partial charge is 0.328 e. The van der Waals surface area contributed by atoms with E-state index < -0.39 is 0 Å². The van der Waals surface area contributed by atoms with Crippen molar-refractivity contribution in [2.24, 2.45) is 0 Å². The fourth-order valence-electron chi connectivity index (χ4n) is 2.22. The second-order valence-electron chi connectivity index (χ2n) is 4.34. The lowest BCUT2D eigenvalue weighted by Crippen LogP contribution is -1.99. The monoisotopic (exact) mass is 210 g/mol. The lowest BCUT2D eigenvalue weighted by molar-refractivity contribution is 0.720. The van der Waals surface area contributed by atoms with E-state index in [1.165, 1.54) is 24.2 Å². The zero-order valence-corrected chi connectivity index (χ0v) is 9.40. The molecule has 1 aliphatic carbocycles. The van der Waals surface area contributed by atoms with E-state index in [0.29, 0.717) is 5.92 Å². The highest BCUT2D eigenvalue weighted by Gasteiger charge is 2.29. The average Bonchev–Trinajstić information content (AvgIpc) is 3.09. The molecule has 0 saturated heterocycles. The number of aromatic nitrogens is 2. The van der Waals surface area contributed by atoms with E-state index in [0.717, 1.165) is 17.6 Å². The smallest absolute Gasteiger partial charge is 0.112 e. The van der Waals surface area contributed by atoms with Gasteiger partial charge in [-0.2, -0.15) is 0 Å². The highest BCUT2D eigenvalue weighted by molar-refractivity contribution is 5.78. The van der Waals surface area contributed by atoms with Crippen molar-refractivity contribution in [3.05, 3.63) is 29.6 Å². The van der Waals surface area contributed by atoms with Crippen LogP contribution in [0.25, 0.3) is 11.0 Å². The molecule has 1 fully saturated rings. The van der Waals surface area contributed by atoms with Crippen LogP contribution >= 0.6 is 0 Å². The van der Waals surface area contributed by atoms with Gasteiger partial charge < -0.3 is 4.57 Å². The van der Waals surface area contributed by atoms with Crippen LogP contribution in [0, 0.1) is 12.3 Å². The summed E-state index contributed by atoms with van der Waals surface area (Å²) in [5.41, 5.74) is 3.17. The molecule has 2 nitrogen and oxygen atoms in total. The molecule has 0 amide bonds. The van der Waals surface area contributed by atoms with Crippen molar-refractivity contribution in [3.8, 4) is 12.3 Å².